The van der Waals surface area contributed by atoms with E-state index in [4.69, 9.17) is 4.74 Å². The molecule has 1 N–H and O–H groups in total. The third kappa shape index (κ3) is 5.72. The predicted octanol–water partition coefficient (Wildman–Crippen LogP) is 6.09. The van der Waals surface area contributed by atoms with Gasteiger partial charge in [0, 0.05) is 12.2 Å². The van der Waals surface area contributed by atoms with Gasteiger partial charge in [0.15, 0.2) is 0 Å². The van der Waals surface area contributed by atoms with Crippen molar-refractivity contribution in [2.75, 3.05) is 31.6 Å². The number of nitrogens with zero attached hydrogens (tertiary/aromatic N) is 1. The summed E-state index contributed by atoms with van der Waals surface area (Å²) in [5.41, 5.74) is 2.79. The van der Waals surface area contributed by atoms with Gasteiger partial charge in [-0.25, -0.2) is 0 Å². The van der Waals surface area contributed by atoms with E-state index in [1.807, 2.05) is 24.3 Å². The summed E-state index contributed by atoms with van der Waals surface area (Å²) in [5.74, 6) is 0.986. The number of hydrogen-bond donors (Lipinski definition) is 1. The van der Waals surface area contributed by atoms with E-state index in [2.05, 4.69) is 41.4 Å². The number of anilines is 1. The monoisotopic (exact) mass is 434 g/mol. The van der Waals surface area contributed by atoms with Crippen LogP contribution in [0.3, 0.4) is 0 Å². The number of carbonyl (C=O) groups is 1. The molecule has 2 fully saturated rings. The van der Waals surface area contributed by atoms with Gasteiger partial charge in [-0.15, -0.1) is 0 Å². The van der Waals surface area contributed by atoms with Crippen LogP contribution in [0.5, 0.6) is 5.75 Å². The first kappa shape index (κ1) is 22.8. The first-order valence-electron chi connectivity index (χ1n) is 12.5. The standard InChI is InChI=1S/C28H38N2O2/c1-23-9-11-24(12-10-23)28(17-5-4-6-18-28)27(31)29-25-13-15-26(16-14-25)32-22-21-30-19-7-2-3-8-20-30/h9-16H,2-8,17-22H2,1H3,(H,29,31). The number of rotatable bonds is 7. The molecule has 32 heavy (non-hydrogen) atoms. The third-order valence-corrected chi connectivity index (χ3v) is 7.23. The van der Waals surface area contributed by atoms with Gasteiger partial charge in [-0.3, -0.25) is 9.69 Å². The minimum atomic E-state index is -0.422. The Labute approximate surface area is 193 Å². The Morgan fingerprint density at radius 2 is 1.50 bits per heavy atom. The van der Waals surface area contributed by atoms with Crippen molar-refractivity contribution in [1.82, 2.24) is 4.90 Å². The fourth-order valence-corrected chi connectivity index (χ4v) is 5.21. The number of hydrogen-bond acceptors (Lipinski definition) is 3. The van der Waals surface area contributed by atoms with Crippen LogP contribution in [0.4, 0.5) is 5.69 Å². The Bertz CT molecular complexity index is 846. The number of aryl methyl sites for hydroxylation is 1. The Morgan fingerprint density at radius 3 is 2.16 bits per heavy atom. The number of ether oxygens (including phenoxy) is 1. The van der Waals surface area contributed by atoms with E-state index in [-0.39, 0.29) is 5.91 Å². The maximum absolute atomic E-state index is 13.5. The summed E-state index contributed by atoms with van der Waals surface area (Å²) < 4.78 is 5.97. The first-order valence-corrected chi connectivity index (χ1v) is 12.5. The summed E-state index contributed by atoms with van der Waals surface area (Å²) in [6.45, 7) is 6.17. The van der Waals surface area contributed by atoms with Crippen LogP contribution in [0, 0.1) is 6.92 Å². The van der Waals surface area contributed by atoms with Gasteiger partial charge in [0.25, 0.3) is 0 Å². The Balaban J connectivity index is 1.35. The van der Waals surface area contributed by atoms with Crippen LogP contribution in [0.15, 0.2) is 48.5 Å². The topological polar surface area (TPSA) is 41.6 Å². The molecular weight excluding hydrogens is 396 g/mol. The molecule has 0 radical (unpaired) electrons. The third-order valence-electron chi connectivity index (χ3n) is 7.23. The molecule has 0 aromatic heterocycles. The molecule has 1 saturated carbocycles. The van der Waals surface area contributed by atoms with Crippen molar-refractivity contribution in [2.24, 2.45) is 0 Å². The maximum atomic E-state index is 13.5. The molecule has 0 atom stereocenters. The molecule has 1 heterocycles. The molecule has 1 saturated heterocycles. The van der Waals surface area contributed by atoms with Gasteiger partial charge in [0.1, 0.15) is 12.4 Å². The van der Waals surface area contributed by atoms with E-state index in [9.17, 15) is 4.79 Å². The lowest BCUT2D eigenvalue weighted by Gasteiger charge is -2.36. The zero-order valence-electron chi connectivity index (χ0n) is 19.6. The van der Waals surface area contributed by atoms with Crippen molar-refractivity contribution in [2.45, 2.75) is 70.1 Å². The molecule has 4 heteroatoms. The Morgan fingerprint density at radius 1 is 0.875 bits per heavy atom. The van der Waals surface area contributed by atoms with Crippen LogP contribution in [0.2, 0.25) is 0 Å². The number of likely N-dealkylation sites (tertiary alicyclic amines) is 1. The fraction of sp³-hybridized carbons (Fsp3) is 0.536. The average Bonchev–Trinajstić information content (AvgIpc) is 3.10. The molecule has 2 aliphatic rings. The Hall–Kier alpha value is -2.33. The number of carbonyl (C=O) groups excluding carboxylic acids is 1. The number of nitrogens with one attached hydrogen (secondary N) is 1. The van der Waals surface area contributed by atoms with E-state index < -0.39 is 5.41 Å². The second-order valence-corrected chi connectivity index (χ2v) is 9.59. The highest BCUT2D eigenvalue weighted by molar-refractivity contribution is 5.99. The van der Waals surface area contributed by atoms with E-state index in [1.54, 1.807) is 0 Å². The zero-order chi connectivity index (χ0) is 22.2. The van der Waals surface area contributed by atoms with Gasteiger partial charge in [0.05, 0.1) is 5.41 Å². The second-order valence-electron chi connectivity index (χ2n) is 9.59. The lowest BCUT2D eigenvalue weighted by Crippen LogP contribution is -2.42. The molecule has 1 amide bonds. The van der Waals surface area contributed by atoms with Gasteiger partial charge in [-0.2, -0.15) is 0 Å². The van der Waals surface area contributed by atoms with Crippen molar-refractivity contribution >= 4 is 11.6 Å². The van der Waals surface area contributed by atoms with Crippen molar-refractivity contribution < 1.29 is 9.53 Å². The second kappa shape index (κ2) is 11.0. The fourth-order valence-electron chi connectivity index (χ4n) is 5.21. The molecule has 172 valence electrons. The summed E-state index contributed by atoms with van der Waals surface area (Å²) in [4.78, 5) is 16.0. The maximum Gasteiger partial charge on any atom is 0.235 e. The van der Waals surface area contributed by atoms with Crippen LogP contribution in [-0.4, -0.2) is 37.0 Å². The lowest BCUT2D eigenvalue weighted by atomic mass is 9.68. The van der Waals surface area contributed by atoms with Crippen LogP contribution in [0.1, 0.15) is 68.9 Å². The van der Waals surface area contributed by atoms with E-state index in [0.717, 1.165) is 49.2 Å². The van der Waals surface area contributed by atoms with E-state index in [0.29, 0.717) is 6.61 Å². The van der Waals surface area contributed by atoms with Crippen molar-refractivity contribution in [3.63, 3.8) is 0 Å². The molecule has 0 spiro atoms. The minimum Gasteiger partial charge on any atom is -0.492 e. The molecule has 4 rings (SSSR count). The smallest absolute Gasteiger partial charge is 0.235 e. The molecule has 0 unspecified atom stereocenters. The van der Waals surface area contributed by atoms with E-state index >= 15 is 0 Å². The van der Waals surface area contributed by atoms with E-state index in [1.165, 1.54) is 50.8 Å². The van der Waals surface area contributed by atoms with Gasteiger partial charge in [0.2, 0.25) is 5.91 Å². The zero-order valence-corrected chi connectivity index (χ0v) is 19.6. The van der Waals surface area contributed by atoms with Crippen LogP contribution < -0.4 is 10.1 Å². The van der Waals surface area contributed by atoms with Crippen LogP contribution in [-0.2, 0) is 10.2 Å². The normalized spacial score (nSPS) is 19.2. The van der Waals surface area contributed by atoms with Gasteiger partial charge in [-0.1, -0.05) is 61.9 Å². The van der Waals surface area contributed by atoms with Crippen molar-refractivity contribution in [3.8, 4) is 5.75 Å². The highest BCUT2D eigenvalue weighted by Gasteiger charge is 2.41. The number of benzene rings is 2. The summed E-state index contributed by atoms with van der Waals surface area (Å²) >= 11 is 0. The molecule has 1 aliphatic heterocycles. The SMILES string of the molecule is Cc1ccc(C2(C(=O)Nc3ccc(OCCN4CCCCCC4)cc3)CCCCC2)cc1. The highest BCUT2D eigenvalue weighted by atomic mass is 16.5. The summed E-state index contributed by atoms with van der Waals surface area (Å²) in [6, 6.07) is 16.4. The lowest BCUT2D eigenvalue weighted by molar-refractivity contribution is -0.122. The molecule has 0 bridgehead atoms. The average molecular weight is 435 g/mol. The van der Waals surface area contributed by atoms with Crippen molar-refractivity contribution in [3.05, 3.63) is 59.7 Å². The summed E-state index contributed by atoms with van der Waals surface area (Å²) in [5, 5.41) is 3.20. The van der Waals surface area contributed by atoms with Crippen molar-refractivity contribution in [1.29, 1.82) is 0 Å². The van der Waals surface area contributed by atoms with Gasteiger partial charge >= 0.3 is 0 Å². The summed E-state index contributed by atoms with van der Waals surface area (Å²) in [6.07, 6.45) is 10.6. The minimum absolute atomic E-state index is 0.121. The first-order chi connectivity index (χ1) is 15.7. The highest BCUT2D eigenvalue weighted by Crippen LogP contribution is 2.40. The van der Waals surface area contributed by atoms with Gasteiger partial charge < -0.3 is 10.1 Å². The molecule has 4 nitrogen and oxygen atoms in total. The molecular formula is C28H38N2O2. The largest absolute Gasteiger partial charge is 0.492 e. The molecule has 2 aromatic carbocycles. The summed E-state index contributed by atoms with van der Waals surface area (Å²) in [7, 11) is 0. The molecule has 2 aromatic rings. The van der Waals surface area contributed by atoms with Gasteiger partial charge in [-0.05, 0) is 75.5 Å². The number of amides is 1. The predicted molar refractivity (Wildman–Crippen MR) is 131 cm³/mol. The molecule has 1 aliphatic carbocycles. The quantitative estimate of drug-likeness (QED) is 0.573. The van der Waals surface area contributed by atoms with Crippen LogP contribution in [0.25, 0.3) is 0 Å². The van der Waals surface area contributed by atoms with Crippen LogP contribution >= 0.6 is 0 Å². The Kier molecular flexibility index (Phi) is 7.85.